The minimum Gasteiger partial charge on any atom is -0.444 e. The molecule has 3 rings (SSSR count). The van der Waals surface area contributed by atoms with E-state index >= 15 is 0 Å². The second kappa shape index (κ2) is 11.5. The molecule has 0 radical (unpaired) electrons. The SMILES string of the molecule is CC(C)C(C)CC(=O)c1ccc2c(c1)N(Cc1ccc(Cl)cc1)C(=O)[C@@H](NC(=O)OC(C)(C)C)CS2(=O)=O. The number of benzene rings is 2. The molecule has 2 amide bonds. The minimum absolute atomic E-state index is 0.00502. The largest absolute Gasteiger partial charge is 0.444 e. The highest BCUT2D eigenvalue weighted by Gasteiger charge is 2.39. The molecule has 2 aromatic carbocycles. The molecular formula is C28H35ClN2O6S. The Morgan fingerprint density at radius 3 is 2.32 bits per heavy atom. The molecule has 2 aromatic rings. The van der Waals surface area contributed by atoms with Crippen LogP contribution in [0.5, 0.6) is 0 Å². The third-order valence-corrected chi connectivity index (χ3v) is 8.49. The molecule has 0 aliphatic carbocycles. The lowest BCUT2D eigenvalue weighted by molar-refractivity contribution is -0.120. The van der Waals surface area contributed by atoms with Gasteiger partial charge in [0.05, 0.1) is 22.9 Å². The summed E-state index contributed by atoms with van der Waals surface area (Å²) in [5.74, 6) is -0.999. The van der Waals surface area contributed by atoms with Crippen molar-refractivity contribution >= 4 is 44.9 Å². The summed E-state index contributed by atoms with van der Waals surface area (Å²) in [7, 11) is -4.03. The van der Waals surface area contributed by atoms with E-state index in [0.717, 1.165) is 0 Å². The number of alkyl carbamates (subject to hydrolysis) is 1. The number of carbonyl (C=O) groups excluding carboxylic acids is 3. The van der Waals surface area contributed by atoms with Gasteiger partial charge in [0.1, 0.15) is 11.6 Å². The first-order valence-corrected chi connectivity index (χ1v) is 14.6. The van der Waals surface area contributed by atoms with Gasteiger partial charge in [0.25, 0.3) is 5.91 Å². The molecule has 0 spiro atoms. The second-order valence-corrected chi connectivity index (χ2v) is 13.5. The molecule has 1 heterocycles. The molecule has 0 saturated carbocycles. The number of ketones is 1. The fourth-order valence-electron chi connectivity index (χ4n) is 3.99. The maximum atomic E-state index is 13.8. The zero-order valence-electron chi connectivity index (χ0n) is 22.6. The fraction of sp³-hybridized carbons (Fsp3) is 0.464. The first-order valence-electron chi connectivity index (χ1n) is 12.5. The number of ether oxygens (including phenoxy) is 1. The number of carbonyl (C=O) groups is 3. The van der Waals surface area contributed by atoms with Crippen LogP contribution in [0.25, 0.3) is 0 Å². The van der Waals surface area contributed by atoms with Crippen LogP contribution < -0.4 is 10.2 Å². The predicted octanol–water partition coefficient (Wildman–Crippen LogP) is 5.42. The third kappa shape index (κ3) is 7.35. The van der Waals surface area contributed by atoms with E-state index in [0.29, 0.717) is 22.1 Å². The van der Waals surface area contributed by atoms with Gasteiger partial charge in [0.2, 0.25) is 0 Å². The topological polar surface area (TPSA) is 110 Å². The standard InChI is InChI=1S/C28H35ClN2O6S/c1-17(2)18(3)13-24(32)20-9-12-25-23(14-20)31(15-19-7-10-21(29)11-8-19)26(33)22(16-38(25,35)36)30-27(34)37-28(4,5)6/h7-12,14,17-18,22H,13,15-16H2,1-6H3,(H,30,34)/t18?,22-/m0/s1. The van der Waals surface area contributed by atoms with E-state index in [1.807, 2.05) is 20.8 Å². The van der Waals surface area contributed by atoms with E-state index in [4.69, 9.17) is 16.3 Å². The molecule has 10 heteroatoms. The monoisotopic (exact) mass is 562 g/mol. The van der Waals surface area contributed by atoms with Crippen molar-refractivity contribution in [3.63, 3.8) is 0 Å². The van der Waals surface area contributed by atoms with Crippen LogP contribution in [0.2, 0.25) is 5.02 Å². The maximum absolute atomic E-state index is 13.8. The summed E-state index contributed by atoms with van der Waals surface area (Å²) in [5, 5.41) is 2.95. The lowest BCUT2D eigenvalue weighted by atomic mass is 9.90. The molecular weight excluding hydrogens is 528 g/mol. The summed E-state index contributed by atoms with van der Waals surface area (Å²) in [6.45, 7) is 11.1. The normalized spacial score (nSPS) is 17.9. The average Bonchev–Trinajstić information content (AvgIpc) is 2.87. The quantitative estimate of drug-likeness (QED) is 0.451. The van der Waals surface area contributed by atoms with Crippen LogP contribution in [0.1, 0.15) is 63.9 Å². The highest BCUT2D eigenvalue weighted by atomic mass is 35.5. The molecule has 1 unspecified atom stereocenters. The van der Waals surface area contributed by atoms with Crippen molar-refractivity contribution in [2.75, 3.05) is 10.7 Å². The number of halogens is 1. The van der Waals surface area contributed by atoms with E-state index in [9.17, 15) is 22.8 Å². The zero-order valence-corrected chi connectivity index (χ0v) is 24.2. The Morgan fingerprint density at radius 2 is 1.74 bits per heavy atom. The number of hydrogen-bond acceptors (Lipinski definition) is 6. The fourth-order valence-corrected chi connectivity index (χ4v) is 5.72. The van der Waals surface area contributed by atoms with Crippen molar-refractivity contribution in [1.82, 2.24) is 5.32 Å². The zero-order chi connectivity index (χ0) is 28.4. The predicted molar refractivity (Wildman–Crippen MR) is 147 cm³/mol. The molecule has 38 heavy (non-hydrogen) atoms. The number of Topliss-reactive ketones (excluding diaryl/α,β-unsaturated/α-hetero) is 1. The molecule has 0 bridgehead atoms. The summed E-state index contributed by atoms with van der Waals surface area (Å²) < 4.78 is 32.1. The lowest BCUT2D eigenvalue weighted by Gasteiger charge is -2.27. The Hall–Kier alpha value is -2.91. The minimum atomic E-state index is -4.03. The van der Waals surface area contributed by atoms with Gasteiger partial charge >= 0.3 is 6.09 Å². The summed E-state index contributed by atoms with van der Waals surface area (Å²) in [6, 6.07) is 9.71. The molecule has 8 nitrogen and oxygen atoms in total. The first kappa shape index (κ1) is 29.6. The van der Waals surface area contributed by atoms with Crippen molar-refractivity contribution in [3.05, 3.63) is 58.6 Å². The van der Waals surface area contributed by atoms with Crippen LogP contribution in [0.4, 0.5) is 10.5 Å². The van der Waals surface area contributed by atoms with Gasteiger partial charge in [-0.15, -0.1) is 0 Å². The van der Waals surface area contributed by atoms with Crippen LogP contribution in [0, 0.1) is 11.8 Å². The van der Waals surface area contributed by atoms with Gasteiger partial charge in [0.15, 0.2) is 15.6 Å². The molecule has 1 N–H and O–H groups in total. The average molecular weight is 563 g/mol. The Labute approximate surface area is 229 Å². The molecule has 206 valence electrons. The number of nitrogens with zero attached hydrogens (tertiary/aromatic N) is 1. The Balaban J connectivity index is 2.08. The summed E-state index contributed by atoms with van der Waals surface area (Å²) >= 11 is 6.02. The lowest BCUT2D eigenvalue weighted by Crippen LogP contribution is -2.51. The molecule has 0 aromatic heterocycles. The number of nitrogens with one attached hydrogen (secondary N) is 1. The maximum Gasteiger partial charge on any atom is 0.408 e. The van der Waals surface area contributed by atoms with Crippen molar-refractivity contribution in [2.45, 2.75) is 71.0 Å². The van der Waals surface area contributed by atoms with Gasteiger partial charge in [-0.2, -0.15) is 0 Å². The summed E-state index contributed by atoms with van der Waals surface area (Å²) in [5.41, 5.74) is 0.264. The van der Waals surface area contributed by atoms with Gasteiger partial charge in [-0.05, 0) is 68.5 Å². The van der Waals surface area contributed by atoms with Crippen molar-refractivity contribution in [2.24, 2.45) is 11.8 Å². The van der Waals surface area contributed by atoms with Gasteiger partial charge in [0, 0.05) is 17.0 Å². The summed E-state index contributed by atoms with van der Waals surface area (Å²) in [6.07, 6.45) is -0.612. The Bertz CT molecular complexity index is 1320. The highest BCUT2D eigenvalue weighted by molar-refractivity contribution is 7.91. The van der Waals surface area contributed by atoms with Crippen LogP contribution in [-0.4, -0.2) is 43.6 Å². The molecule has 1 aliphatic heterocycles. The van der Waals surface area contributed by atoms with Gasteiger partial charge in [-0.1, -0.05) is 44.5 Å². The van der Waals surface area contributed by atoms with Crippen LogP contribution in [0.15, 0.2) is 47.4 Å². The number of anilines is 1. The molecule has 0 fully saturated rings. The molecule has 2 atom stereocenters. The van der Waals surface area contributed by atoms with E-state index < -0.39 is 39.2 Å². The van der Waals surface area contributed by atoms with Gasteiger partial charge < -0.3 is 15.0 Å². The third-order valence-electron chi connectivity index (χ3n) is 6.45. The smallest absolute Gasteiger partial charge is 0.408 e. The number of rotatable bonds is 7. The van der Waals surface area contributed by atoms with Crippen LogP contribution in [-0.2, 0) is 25.9 Å². The second-order valence-electron chi connectivity index (χ2n) is 11.1. The number of hydrogen-bond donors (Lipinski definition) is 1. The van der Waals surface area contributed by atoms with Crippen LogP contribution >= 0.6 is 11.6 Å². The highest BCUT2D eigenvalue weighted by Crippen LogP contribution is 2.34. The van der Waals surface area contributed by atoms with Crippen molar-refractivity contribution in [3.8, 4) is 0 Å². The van der Waals surface area contributed by atoms with Gasteiger partial charge in [-0.25, -0.2) is 13.2 Å². The van der Waals surface area contributed by atoms with Crippen molar-refractivity contribution in [1.29, 1.82) is 0 Å². The van der Waals surface area contributed by atoms with Crippen molar-refractivity contribution < 1.29 is 27.5 Å². The Kier molecular flexibility index (Phi) is 8.93. The van der Waals surface area contributed by atoms with E-state index in [2.05, 4.69) is 5.32 Å². The molecule has 0 saturated heterocycles. The van der Waals surface area contributed by atoms with E-state index in [-0.39, 0.29) is 35.2 Å². The first-order chi connectivity index (χ1) is 17.6. The number of sulfone groups is 1. The Morgan fingerprint density at radius 1 is 1.11 bits per heavy atom. The number of fused-ring (bicyclic) bond motifs is 1. The van der Waals surface area contributed by atoms with E-state index in [1.54, 1.807) is 45.0 Å². The molecule has 1 aliphatic rings. The van der Waals surface area contributed by atoms with Gasteiger partial charge in [-0.3, -0.25) is 9.59 Å². The number of amides is 2. The van der Waals surface area contributed by atoms with E-state index in [1.165, 1.54) is 23.1 Å². The summed E-state index contributed by atoms with van der Waals surface area (Å²) in [4.78, 5) is 40.6. The van der Waals surface area contributed by atoms with Crippen LogP contribution in [0.3, 0.4) is 0 Å².